The van der Waals surface area contributed by atoms with Crippen LogP contribution in [-0.4, -0.2) is 46.8 Å². The third kappa shape index (κ3) is 8.39. The van der Waals surface area contributed by atoms with Crippen molar-refractivity contribution < 1.29 is 27.4 Å². The smallest absolute Gasteiger partial charge is 0.261 e. The maximum absolute atomic E-state index is 12.7. The maximum atomic E-state index is 12.7. The Morgan fingerprint density at radius 2 is 1.78 bits per heavy atom. The van der Waals surface area contributed by atoms with Crippen molar-refractivity contribution >= 4 is 21.6 Å². The van der Waals surface area contributed by atoms with Gasteiger partial charge in [0, 0.05) is 18.8 Å². The first kappa shape index (κ1) is 25.5. The molecule has 2 aromatic carbocycles. The van der Waals surface area contributed by atoms with Gasteiger partial charge in [0.05, 0.1) is 17.6 Å². The summed E-state index contributed by atoms with van der Waals surface area (Å²) >= 11 is 0. The molecule has 0 bridgehead atoms. The zero-order valence-electron chi connectivity index (χ0n) is 19.0. The number of ether oxygens (including phenoxy) is 3. The number of carbonyl (C=O) groups excluding carboxylic acids is 1. The molecule has 32 heavy (non-hydrogen) atoms. The third-order valence-electron chi connectivity index (χ3n) is 4.33. The molecule has 0 heterocycles. The average Bonchev–Trinajstić information content (AvgIpc) is 2.73. The number of sulfonamides is 1. The highest BCUT2D eigenvalue weighted by molar-refractivity contribution is 7.92. The number of benzene rings is 2. The molecule has 0 saturated carbocycles. The number of nitrogens with one attached hydrogen (secondary N) is 2. The van der Waals surface area contributed by atoms with Crippen LogP contribution in [0.25, 0.3) is 0 Å². The summed E-state index contributed by atoms with van der Waals surface area (Å²) in [6.07, 6.45) is 0.886. The molecule has 8 nitrogen and oxygen atoms in total. The normalized spacial score (nSPS) is 11.3. The number of carbonyl (C=O) groups is 1. The van der Waals surface area contributed by atoms with Crippen molar-refractivity contribution in [3.8, 4) is 11.5 Å². The Labute approximate surface area is 190 Å². The second-order valence-electron chi connectivity index (χ2n) is 7.40. The van der Waals surface area contributed by atoms with E-state index in [9.17, 15) is 13.2 Å². The number of aryl methyl sites for hydroxylation is 1. The topological polar surface area (TPSA) is 103 Å². The van der Waals surface area contributed by atoms with Crippen LogP contribution in [0.5, 0.6) is 11.5 Å². The van der Waals surface area contributed by atoms with Gasteiger partial charge in [-0.3, -0.25) is 9.52 Å². The largest absolute Gasteiger partial charge is 0.494 e. The summed E-state index contributed by atoms with van der Waals surface area (Å²) in [6, 6.07) is 11.2. The summed E-state index contributed by atoms with van der Waals surface area (Å²) in [7, 11) is -3.77. The highest BCUT2D eigenvalue weighted by Crippen LogP contribution is 2.24. The predicted octanol–water partition coefficient (Wildman–Crippen LogP) is 3.50. The predicted molar refractivity (Wildman–Crippen MR) is 124 cm³/mol. The van der Waals surface area contributed by atoms with E-state index in [1.165, 1.54) is 12.1 Å². The van der Waals surface area contributed by atoms with E-state index in [1.54, 1.807) is 37.3 Å². The Hall–Kier alpha value is -2.78. The summed E-state index contributed by atoms with van der Waals surface area (Å²) < 4.78 is 44.3. The molecule has 0 unspecified atom stereocenters. The lowest BCUT2D eigenvalue weighted by Gasteiger charge is -2.13. The van der Waals surface area contributed by atoms with Gasteiger partial charge in [0.25, 0.3) is 15.9 Å². The Morgan fingerprint density at radius 1 is 1.06 bits per heavy atom. The molecule has 0 saturated heterocycles. The Morgan fingerprint density at radius 3 is 2.41 bits per heavy atom. The molecule has 2 N–H and O–H groups in total. The summed E-state index contributed by atoms with van der Waals surface area (Å²) in [5, 5.41) is 2.76. The van der Waals surface area contributed by atoms with Gasteiger partial charge in [-0.05, 0) is 82.1 Å². The second kappa shape index (κ2) is 12.3. The van der Waals surface area contributed by atoms with E-state index in [-0.39, 0.29) is 23.5 Å². The lowest BCUT2D eigenvalue weighted by atomic mass is 10.2. The van der Waals surface area contributed by atoms with Crippen molar-refractivity contribution in [3.63, 3.8) is 0 Å². The molecule has 0 aliphatic carbocycles. The van der Waals surface area contributed by atoms with E-state index < -0.39 is 10.0 Å². The van der Waals surface area contributed by atoms with Crippen LogP contribution in [-0.2, 0) is 19.6 Å². The van der Waals surface area contributed by atoms with Crippen LogP contribution in [0.1, 0.15) is 32.8 Å². The fraction of sp³-hybridized carbons (Fsp3) is 0.435. The zero-order valence-corrected chi connectivity index (χ0v) is 19.8. The molecule has 2 rings (SSSR count). The summed E-state index contributed by atoms with van der Waals surface area (Å²) in [6.45, 7) is 9.00. The van der Waals surface area contributed by atoms with Crippen LogP contribution in [0.4, 0.5) is 5.69 Å². The number of hydrogen-bond acceptors (Lipinski definition) is 6. The lowest BCUT2D eigenvalue weighted by molar-refractivity contribution is -0.123. The van der Waals surface area contributed by atoms with E-state index in [0.717, 1.165) is 6.42 Å². The molecule has 1 amide bonds. The van der Waals surface area contributed by atoms with Gasteiger partial charge in [0.2, 0.25) is 0 Å². The molecule has 0 radical (unpaired) electrons. The van der Waals surface area contributed by atoms with Crippen molar-refractivity contribution in [1.82, 2.24) is 5.32 Å². The fourth-order valence-corrected chi connectivity index (χ4v) is 3.91. The van der Waals surface area contributed by atoms with Gasteiger partial charge in [-0.1, -0.05) is 0 Å². The van der Waals surface area contributed by atoms with Gasteiger partial charge in [0.1, 0.15) is 11.5 Å². The van der Waals surface area contributed by atoms with Gasteiger partial charge in [0.15, 0.2) is 6.61 Å². The van der Waals surface area contributed by atoms with E-state index >= 15 is 0 Å². The van der Waals surface area contributed by atoms with Crippen molar-refractivity contribution in [3.05, 3.63) is 48.0 Å². The van der Waals surface area contributed by atoms with Crippen LogP contribution in [0.3, 0.4) is 0 Å². The minimum Gasteiger partial charge on any atom is -0.494 e. The minimum absolute atomic E-state index is 0.103. The molecular formula is C23H32N2O6S. The Kier molecular flexibility index (Phi) is 9.80. The van der Waals surface area contributed by atoms with Gasteiger partial charge < -0.3 is 19.5 Å². The Bertz CT molecular complexity index is 974. The number of amides is 1. The van der Waals surface area contributed by atoms with Gasteiger partial charge in [-0.25, -0.2) is 8.42 Å². The second-order valence-corrected chi connectivity index (χ2v) is 9.08. The Balaban J connectivity index is 1.89. The first-order chi connectivity index (χ1) is 15.2. The molecule has 0 fully saturated rings. The lowest BCUT2D eigenvalue weighted by Crippen LogP contribution is -2.30. The zero-order chi connectivity index (χ0) is 23.6. The van der Waals surface area contributed by atoms with Crippen LogP contribution < -0.4 is 19.5 Å². The maximum Gasteiger partial charge on any atom is 0.261 e. The summed E-state index contributed by atoms with van der Waals surface area (Å²) in [5.74, 6) is 0.867. The average molecular weight is 465 g/mol. The van der Waals surface area contributed by atoms with Crippen LogP contribution >= 0.6 is 0 Å². The summed E-state index contributed by atoms with van der Waals surface area (Å²) in [4.78, 5) is 12.0. The van der Waals surface area contributed by atoms with Gasteiger partial charge in [-0.15, -0.1) is 0 Å². The number of anilines is 1. The van der Waals surface area contributed by atoms with Crippen molar-refractivity contribution in [2.24, 2.45) is 0 Å². The molecule has 0 atom stereocenters. The first-order valence-corrected chi connectivity index (χ1v) is 12.1. The van der Waals surface area contributed by atoms with E-state index in [4.69, 9.17) is 14.2 Å². The molecule has 0 spiro atoms. The fourth-order valence-electron chi connectivity index (χ4n) is 2.76. The molecule has 0 aliphatic rings. The highest BCUT2D eigenvalue weighted by atomic mass is 32.2. The van der Waals surface area contributed by atoms with Crippen LogP contribution in [0.2, 0.25) is 0 Å². The molecule has 176 valence electrons. The van der Waals surface area contributed by atoms with E-state index in [1.807, 2.05) is 20.8 Å². The third-order valence-corrected chi connectivity index (χ3v) is 5.71. The number of rotatable bonds is 13. The SMILES string of the molecule is CCOc1ccc(NS(=O)(=O)c2ccc(OCC(=O)NCCCOC(C)C)c(C)c2)cc1. The molecule has 0 aromatic heterocycles. The van der Waals surface area contributed by atoms with Crippen molar-refractivity contribution in [2.75, 3.05) is 31.1 Å². The van der Waals surface area contributed by atoms with Crippen molar-refractivity contribution in [1.29, 1.82) is 0 Å². The monoisotopic (exact) mass is 464 g/mol. The quantitative estimate of drug-likeness (QED) is 0.440. The van der Waals surface area contributed by atoms with Gasteiger partial charge in [-0.2, -0.15) is 0 Å². The molecule has 0 aliphatic heterocycles. The summed E-state index contributed by atoms with van der Waals surface area (Å²) in [5.41, 5.74) is 1.04. The molecule has 2 aromatic rings. The standard InChI is InChI=1S/C23H32N2O6S/c1-5-29-20-9-7-19(8-10-20)25-32(27,28)21-11-12-22(18(4)15-21)31-16-23(26)24-13-6-14-30-17(2)3/h7-12,15,17,25H,5-6,13-14,16H2,1-4H3,(H,24,26). The molecule has 9 heteroatoms. The van der Waals surface area contributed by atoms with Crippen LogP contribution in [0.15, 0.2) is 47.4 Å². The first-order valence-electron chi connectivity index (χ1n) is 10.6. The van der Waals surface area contributed by atoms with E-state index in [2.05, 4.69) is 10.0 Å². The van der Waals surface area contributed by atoms with Crippen LogP contribution in [0, 0.1) is 6.92 Å². The minimum atomic E-state index is -3.77. The van der Waals surface area contributed by atoms with Gasteiger partial charge >= 0.3 is 0 Å². The number of hydrogen-bond donors (Lipinski definition) is 2. The van der Waals surface area contributed by atoms with Crippen molar-refractivity contribution in [2.45, 2.75) is 45.1 Å². The molecular weight excluding hydrogens is 432 g/mol. The van der Waals surface area contributed by atoms with E-state index in [0.29, 0.717) is 42.5 Å². The highest BCUT2D eigenvalue weighted by Gasteiger charge is 2.16.